The van der Waals surface area contributed by atoms with Crippen molar-refractivity contribution in [2.24, 2.45) is 0 Å². The van der Waals surface area contributed by atoms with Gasteiger partial charge in [0.25, 0.3) is 0 Å². The first-order valence-electron chi connectivity index (χ1n) is 9.56. The SMILES string of the molecule is Cc1ccccc1OCc1nc(SCC(=O)c2ccc3c(c2)CCCC3)n[nH]1. The van der Waals surface area contributed by atoms with Crippen LogP contribution in [-0.2, 0) is 19.4 Å². The number of fused-ring (bicyclic) bond motifs is 1. The second-order valence-electron chi connectivity index (χ2n) is 7.02. The molecular weight excluding hydrogens is 370 g/mol. The number of carbonyl (C=O) groups excluding carboxylic acids is 1. The summed E-state index contributed by atoms with van der Waals surface area (Å²) < 4.78 is 5.77. The summed E-state index contributed by atoms with van der Waals surface area (Å²) in [4.78, 5) is 17.0. The fraction of sp³-hybridized carbons (Fsp3) is 0.318. The molecule has 0 saturated heterocycles. The number of ether oxygens (including phenoxy) is 1. The molecule has 1 heterocycles. The van der Waals surface area contributed by atoms with Crippen LogP contribution >= 0.6 is 11.8 Å². The van der Waals surface area contributed by atoms with Crippen molar-refractivity contribution in [3.05, 3.63) is 70.5 Å². The molecule has 4 rings (SSSR count). The minimum absolute atomic E-state index is 0.112. The van der Waals surface area contributed by atoms with Gasteiger partial charge in [-0.3, -0.25) is 9.89 Å². The quantitative estimate of drug-likeness (QED) is 0.471. The number of aromatic nitrogens is 3. The zero-order chi connectivity index (χ0) is 19.3. The number of hydrogen-bond acceptors (Lipinski definition) is 5. The van der Waals surface area contributed by atoms with Crippen molar-refractivity contribution < 1.29 is 9.53 Å². The Balaban J connectivity index is 1.32. The van der Waals surface area contributed by atoms with Gasteiger partial charge in [-0.2, -0.15) is 0 Å². The Labute approximate surface area is 168 Å². The number of para-hydroxylation sites is 1. The van der Waals surface area contributed by atoms with E-state index in [-0.39, 0.29) is 5.78 Å². The van der Waals surface area contributed by atoms with Crippen LogP contribution in [0.15, 0.2) is 47.6 Å². The van der Waals surface area contributed by atoms with Gasteiger partial charge in [-0.1, -0.05) is 42.1 Å². The molecule has 0 radical (unpaired) electrons. The normalized spacial score (nSPS) is 13.2. The number of carbonyl (C=O) groups is 1. The molecular formula is C22H23N3O2S. The summed E-state index contributed by atoms with van der Waals surface area (Å²) in [6, 6.07) is 14.0. The van der Waals surface area contributed by atoms with Crippen molar-refractivity contribution in [3.63, 3.8) is 0 Å². The molecule has 2 aromatic carbocycles. The Morgan fingerprint density at radius 3 is 2.82 bits per heavy atom. The third kappa shape index (κ3) is 4.44. The van der Waals surface area contributed by atoms with E-state index in [4.69, 9.17) is 4.74 Å². The second-order valence-corrected chi connectivity index (χ2v) is 7.96. The zero-order valence-corrected chi connectivity index (χ0v) is 16.7. The predicted octanol–water partition coefficient (Wildman–Crippen LogP) is 4.55. The molecule has 0 unspecified atom stereocenters. The van der Waals surface area contributed by atoms with Gasteiger partial charge in [0, 0.05) is 5.56 Å². The van der Waals surface area contributed by atoms with Crippen molar-refractivity contribution in [3.8, 4) is 5.75 Å². The fourth-order valence-electron chi connectivity index (χ4n) is 3.39. The number of benzene rings is 2. The third-order valence-electron chi connectivity index (χ3n) is 4.97. The van der Waals surface area contributed by atoms with E-state index in [1.807, 2.05) is 37.3 Å². The van der Waals surface area contributed by atoms with E-state index in [0.717, 1.165) is 29.7 Å². The number of thioether (sulfide) groups is 1. The molecule has 0 bridgehead atoms. The summed E-state index contributed by atoms with van der Waals surface area (Å²) in [7, 11) is 0. The van der Waals surface area contributed by atoms with Gasteiger partial charge >= 0.3 is 0 Å². The van der Waals surface area contributed by atoms with Gasteiger partial charge in [0.15, 0.2) is 11.6 Å². The van der Waals surface area contributed by atoms with E-state index < -0.39 is 0 Å². The van der Waals surface area contributed by atoms with Crippen LogP contribution in [0, 0.1) is 6.92 Å². The monoisotopic (exact) mass is 393 g/mol. The molecule has 1 aliphatic carbocycles. The van der Waals surface area contributed by atoms with Crippen LogP contribution in [0.1, 0.15) is 45.7 Å². The average Bonchev–Trinajstić information content (AvgIpc) is 3.19. The molecule has 0 spiro atoms. The predicted molar refractivity (Wildman–Crippen MR) is 110 cm³/mol. The summed E-state index contributed by atoms with van der Waals surface area (Å²) in [5.41, 5.74) is 4.58. The van der Waals surface area contributed by atoms with Gasteiger partial charge in [0.2, 0.25) is 5.16 Å². The van der Waals surface area contributed by atoms with Crippen LogP contribution in [0.5, 0.6) is 5.75 Å². The van der Waals surface area contributed by atoms with Gasteiger partial charge in [-0.05, 0) is 61.4 Å². The first-order chi connectivity index (χ1) is 13.7. The number of aromatic amines is 1. The van der Waals surface area contributed by atoms with Gasteiger partial charge in [-0.15, -0.1) is 5.10 Å². The molecule has 144 valence electrons. The topological polar surface area (TPSA) is 67.9 Å². The first kappa shape index (κ1) is 18.7. The van der Waals surface area contributed by atoms with Crippen LogP contribution in [0.4, 0.5) is 0 Å². The lowest BCUT2D eigenvalue weighted by Gasteiger charge is -2.16. The number of H-pyrrole nitrogens is 1. The number of hydrogen-bond donors (Lipinski definition) is 1. The minimum atomic E-state index is 0.112. The Bertz CT molecular complexity index is 983. The smallest absolute Gasteiger partial charge is 0.208 e. The maximum atomic E-state index is 12.5. The Hall–Kier alpha value is -2.60. The van der Waals surface area contributed by atoms with Crippen LogP contribution < -0.4 is 4.74 Å². The van der Waals surface area contributed by atoms with E-state index in [1.165, 1.54) is 35.7 Å². The maximum absolute atomic E-state index is 12.5. The van der Waals surface area contributed by atoms with Gasteiger partial charge < -0.3 is 4.74 Å². The molecule has 0 saturated carbocycles. The molecule has 28 heavy (non-hydrogen) atoms. The van der Waals surface area contributed by atoms with Gasteiger partial charge in [0.05, 0.1) is 5.75 Å². The molecule has 0 amide bonds. The molecule has 5 nitrogen and oxygen atoms in total. The molecule has 6 heteroatoms. The second kappa shape index (κ2) is 8.61. The Morgan fingerprint density at radius 1 is 1.14 bits per heavy atom. The van der Waals surface area contributed by atoms with Crippen LogP contribution in [0.25, 0.3) is 0 Å². The zero-order valence-electron chi connectivity index (χ0n) is 15.9. The molecule has 1 aromatic heterocycles. The number of nitrogens with zero attached hydrogens (tertiary/aromatic N) is 2. The summed E-state index contributed by atoms with van der Waals surface area (Å²) in [5.74, 6) is 1.91. The lowest BCUT2D eigenvalue weighted by atomic mass is 9.90. The molecule has 0 aliphatic heterocycles. The maximum Gasteiger partial charge on any atom is 0.208 e. The standard InChI is InChI=1S/C22H23N3O2S/c1-15-6-2-5-9-20(15)27-13-21-23-22(25-24-21)28-14-19(26)18-11-10-16-7-3-4-8-17(16)12-18/h2,5-6,9-12H,3-4,7-8,13-14H2,1H3,(H,23,24,25). The number of ketones is 1. The highest BCUT2D eigenvalue weighted by Crippen LogP contribution is 2.24. The summed E-state index contributed by atoms with van der Waals surface area (Å²) in [6.07, 6.45) is 4.67. The van der Waals surface area contributed by atoms with Crippen molar-refractivity contribution >= 4 is 17.5 Å². The van der Waals surface area contributed by atoms with E-state index in [9.17, 15) is 4.79 Å². The molecule has 0 atom stereocenters. The third-order valence-corrected chi connectivity index (χ3v) is 5.82. The lowest BCUT2D eigenvalue weighted by molar-refractivity contribution is 0.102. The lowest BCUT2D eigenvalue weighted by Crippen LogP contribution is -2.07. The van der Waals surface area contributed by atoms with Crippen LogP contribution in [0.3, 0.4) is 0 Å². The number of aryl methyl sites for hydroxylation is 3. The summed E-state index contributed by atoms with van der Waals surface area (Å²) in [5, 5.41) is 7.63. The summed E-state index contributed by atoms with van der Waals surface area (Å²) in [6.45, 7) is 2.32. The van der Waals surface area contributed by atoms with Crippen molar-refractivity contribution in [1.29, 1.82) is 0 Å². The molecule has 1 aliphatic rings. The van der Waals surface area contributed by atoms with E-state index >= 15 is 0 Å². The minimum Gasteiger partial charge on any atom is -0.485 e. The van der Waals surface area contributed by atoms with Crippen molar-refractivity contribution in [1.82, 2.24) is 15.2 Å². The van der Waals surface area contributed by atoms with Gasteiger partial charge in [0.1, 0.15) is 12.4 Å². The van der Waals surface area contributed by atoms with Crippen molar-refractivity contribution in [2.45, 2.75) is 44.4 Å². The number of Topliss-reactive ketones (excluding diaryl/α,β-unsaturated/α-hetero) is 1. The fourth-order valence-corrected chi connectivity index (χ4v) is 4.10. The highest BCUT2D eigenvalue weighted by Gasteiger charge is 2.14. The first-order valence-corrected chi connectivity index (χ1v) is 10.5. The van der Waals surface area contributed by atoms with Crippen molar-refractivity contribution in [2.75, 3.05) is 5.75 Å². The number of nitrogens with one attached hydrogen (secondary N) is 1. The Morgan fingerprint density at radius 2 is 1.96 bits per heavy atom. The molecule has 0 fully saturated rings. The average molecular weight is 394 g/mol. The van der Waals surface area contributed by atoms with Crippen LogP contribution in [0.2, 0.25) is 0 Å². The molecule has 3 aromatic rings. The van der Waals surface area contributed by atoms with Crippen LogP contribution in [-0.4, -0.2) is 26.7 Å². The molecule has 1 N–H and O–H groups in total. The van der Waals surface area contributed by atoms with E-state index in [1.54, 1.807) is 0 Å². The Kier molecular flexibility index (Phi) is 5.76. The van der Waals surface area contributed by atoms with Gasteiger partial charge in [-0.25, -0.2) is 4.98 Å². The van der Waals surface area contributed by atoms with E-state index in [2.05, 4.69) is 27.3 Å². The highest BCUT2D eigenvalue weighted by atomic mass is 32.2. The number of rotatable bonds is 7. The van der Waals surface area contributed by atoms with E-state index in [0.29, 0.717) is 23.3 Å². The summed E-state index contributed by atoms with van der Waals surface area (Å²) >= 11 is 1.35. The highest BCUT2D eigenvalue weighted by molar-refractivity contribution is 7.99. The largest absolute Gasteiger partial charge is 0.485 e.